The van der Waals surface area contributed by atoms with Gasteiger partial charge in [-0.3, -0.25) is 4.79 Å². The molecule has 0 spiro atoms. The van der Waals surface area contributed by atoms with Crippen molar-refractivity contribution in [1.82, 2.24) is 5.32 Å². The van der Waals surface area contributed by atoms with Crippen LogP contribution in [0.4, 0.5) is 5.69 Å². The molecule has 2 aromatic carbocycles. The van der Waals surface area contributed by atoms with Crippen LogP contribution in [0.2, 0.25) is 0 Å². The molecule has 5 nitrogen and oxygen atoms in total. The van der Waals surface area contributed by atoms with Crippen molar-refractivity contribution in [2.45, 2.75) is 13.5 Å². The van der Waals surface area contributed by atoms with Gasteiger partial charge in [-0.05, 0) is 24.6 Å². The summed E-state index contributed by atoms with van der Waals surface area (Å²) in [4.78, 5) is 12.0. The van der Waals surface area contributed by atoms with E-state index in [1.807, 2.05) is 37.3 Å². The summed E-state index contributed by atoms with van der Waals surface area (Å²) in [5, 5.41) is 5.95. The number of anilines is 1. The molecule has 0 aliphatic heterocycles. The van der Waals surface area contributed by atoms with Crippen LogP contribution in [0.3, 0.4) is 0 Å². The fourth-order valence-electron chi connectivity index (χ4n) is 2.10. The smallest absolute Gasteiger partial charge is 0.239 e. The zero-order valence-electron chi connectivity index (χ0n) is 13.7. The molecule has 2 rings (SSSR count). The maximum atomic E-state index is 12.0. The van der Waals surface area contributed by atoms with Gasteiger partial charge in [0, 0.05) is 12.6 Å². The van der Waals surface area contributed by atoms with Crippen molar-refractivity contribution in [2.24, 2.45) is 0 Å². The van der Waals surface area contributed by atoms with Gasteiger partial charge < -0.3 is 20.1 Å². The molecule has 122 valence electrons. The van der Waals surface area contributed by atoms with E-state index in [4.69, 9.17) is 9.47 Å². The number of hydrogen-bond acceptors (Lipinski definition) is 4. The summed E-state index contributed by atoms with van der Waals surface area (Å²) in [6, 6.07) is 13.5. The molecule has 0 heterocycles. The molecule has 0 aliphatic rings. The molecular formula is C18H22N2O3. The van der Waals surface area contributed by atoms with Gasteiger partial charge in [-0.1, -0.05) is 29.8 Å². The SMILES string of the molecule is COc1ccc(OC)c(NCC(=O)NCc2ccc(C)cc2)c1. The number of carbonyl (C=O) groups is 1. The summed E-state index contributed by atoms with van der Waals surface area (Å²) in [5.41, 5.74) is 2.99. The molecule has 0 aliphatic carbocycles. The van der Waals surface area contributed by atoms with Gasteiger partial charge in [0.25, 0.3) is 0 Å². The largest absolute Gasteiger partial charge is 0.497 e. The molecule has 0 unspecified atom stereocenters. The Labute approximate surface area is 136 Å². The van der Waals surface area contributed by atoms with Crippen molar-refractivity contribution in [3.63, 3.8) is 0 Å². The Hall–Kier alpha value is -2.69. The van der Waals surface area contributed by atoms with Crippen LogP contribution in [0.5, 0.6) is 11.5 Å². The highest BCUT2D eigenvalue weighted by molar-refractivity contribution is 5.81. The van der Waals surface area contributed by atoms with Crippen LogP contribution in [0, 0.1) is 6.92 Å². The zero-order valence-corrected chi connectivity index (χ0v) is 13.7. The van der Waals surface area contributed by atoms with E-state index in [2.05, 4.69) is 10.6 Å². The van der Waals surface area contributed by atoms with Crippen molar-refractivity contribution in [3.8, 4) is 11.5 Å². The number of ether oxygens (including phenoxy) is 2. The van der Waals surface area contributed by atoms with Crippen LogP contribution in [-0.2, 0) is 11.3 Å². The second-order valence-electron chi connectivity index (χ2n) is 5.18. The molecular weight excluding hydrogens is 292 g/mol. The molecule has 0 saturated heterocycles. The molecule has 0 saturated carbocycles. The first-order valence-electron chi connectivity index (χ1n) is 7.40. The van der Waals surface area contributed by atoms with Crippen LogP contribution >= 0.6 is 0 Å². The van der Waals surface area contributed by atoms with Gasteiger partial charge in [0.05, 0.1) is 26.5 Å². The highest BCUT2D eigenvalue weighted by atomic mass is 16.5. The van der Waals surface area contributed by atoms with E-state index in [0.717, 1.165) is 11.3 Å². The molecule has 2 aromatic rings. The second-order valence-corrected chi connectivity index (χ2v) is 5.18. The van der Waals surface area contributed by atoms with E-state index >= 15 is 0 Å². The number of methoxy groups -OCH3 is 2. The first-order chi connectivity index (χ1) is 11.1. The van der Waals surface area contributed by atoms with E-state index in [-0.39, 0.29) is 12.5 Å². The van der Waals surface area contributed by atoms with Gasteiger partial charge in [-0.25, -0.2) is 0 Å². The first kappa shape index (κ1) is 16.7. The Balaban J connectivity index is 1.87. The Morgan fingerprint density at radius 2 is 1.78 bits per heavy atom. The molecule has 0 fully saturated rings. The van der Waals surface area contributed by atoms with Crippen molar-refractivity contribution < 1.29 is 14.3 Å². The van der Waals surface area contributed by atoms with E-state index < -0.39 is 0 Å². The van der Waals surface area contributed by atoms with Crippen molar-refractivity contribution in [1.29, 1.82) is 0 Å². The molecule has 0 aromatic heterocycles. The van der Waals surface area contributed by atoms with E-state index in [1.54, 1.807) is 26.4 Å². The second kappa shape index (κ2) is 8.08. The minimum Gasteiger partial charge on any atom is -0.497 e. The standard InChI is InChI=1S/C18H22N2O3/c1-13-4-6-14(7-5-13)11-20-18(21)12-19-16-10-15(22-2)8-9-17(16)23-3/h4-10,19H,11-12H2,1-3H3,(H,20,21). The first-order valence-corrected chi connectivity index (χ1v) is 7.40. The number of rotatable bonds is 7. The summed E-state index contributed by atoms with van der Waals surface area (Å²) < 4.78 is 10.4. The normalized spacial score (nSPS) is 10.0. The fourth-order valence-corrected chi connectivity index (χ4v) is 2.10. The lowest BCUT2D eigenvalue weighted by molar-refractivity contribution is -0.119. The lowest BCUT2D eigenvalue weighted by Gasteiger charge is -2.12. The average molecular weight is 314 g/mol. The van der Waals surface area contributed by atoms with Gasteiger partial charge in [0.15, 0.2) is 0 Å². The van der Waals surface area contributed by atoms with Gasteiger partial charge in [0.2, 0.25) is 5.91 Å². The number of nitrogens with one attached hydrogen (secondary N) is 2. The molecule has 1 amide bonds. The fraction of sp³-hybridized carbons (Fsp3) is 0.278. The van der Waals surface area contributed by atoms with Crippen LogP contribution in [0.15, 0.2) is 42.5 Å². The zero-order chi connectivity index (χ0) is 16.7. The van der Waals surface area contributed by atoms with Gasteiger partial charge >= 0.3 is 0 Å². The molecule has 23 heavy (non-hydrogen) atoms. The minimum atomic E-state index is -0.0875. The lowest BCUT2D eigenvalue weighted by atomic mass is 10.1. The highest BCUT2D eigenvalue weighted by Gasteiger charge is 2.07. The van der Waals surface area contributed by atoms with Crippen molar-refractivity contribution >= 4 is 11.6 Å². The Morgan fingerprint density at radius 3 is 2.43 bits per heavy atom. The van der Waals surface area contributed by atoms with Crippen LogP contribution in [0.1, 0.15) is 11.1 Å². The Morgan fingerprint density at radius 1 is 1.04 bits per heavy atom. The number of carbonyl (C=O) groups excluding carboxylic acids is 1. The number of hydrogen-bond donors (Lipinski definition) is 2. The predicted octanol–water partition coefficient (Wildman–Crippen LogP) is 2.74. The molecule has 5 heteroatoms. The topological polar surface area (TPSA) is 59.6 Å². The summed E-state index contributed by atoms with van der Waals surface area (Å²) in [6.07, 6.45) is 0. The Bertz CT molecular complexity index is 654. The van der Waals surface area contributed by atoms with E-state index in [1.165, 1.54) is 5.56 Å². The molecule has 0 bridgehead atoms. The number of amides is 1. The molecule has 0 radical (unpaired) electrons. The summed E-state index contributed by atoms with van der Waals surface area (Å²) in [7, 11) is 3.18. The quantitative estimate of drug-likeness (QED) is 0.825. The maximum Gasteiger partial charge on any atom is 0.239 e. The van der Waals surface area contributed by atoms with Crippen molar-refractivity contribution in [3.05, 3.63) is 53.6 Å². The van der Waals surface area contributed by atoms with Crippen LogP contribution < -0.4 is 20.1 Å². The highest BCUT2D eigenvalue weighted by Crippen LogP contribution is 2.28. The lowest BCUT2D eigenvalue weighted by Crippen LogP contribution is -2.29. The van der Waals surface area contributed by atoms with Crippen LogP contribution in [0.25, 0.3) is 0 Å². The number of benzene rings is 2. The van der Waals surface area contributed by atoms with Crippen LogP contribution in [-0.4, -0.2) is 26.7 Å². The van der Waals surface area contributed by atoms with Crippen molar-refractivity contribution in [2.75, 3.05) is 26.1 Å². The van der Waals surface area contributed by atoms with E-state index in [0.29, 0.717) is 18.0 Å². The molecule has 2 N–H and O–H groups in total. The third-order valence-electron chi connectivity index (χ3n) is 3.46. The predicted molar refractivity (Wildman–Crippen MR) is 91.1 cm³/mol. The average Bonchev–Trinajstić information content (AvgIpc) is 2.59. The summed E-state index contributed by atoms with van der Waals surface area (Å²) >= 11 is 0. The third kappa shape index (κ3) is 4.92. The van der Waals surface area contributed by atoms with Gasteiger partial charge in [-0.2, -0.15) is 0 Å². The van der Waals surface area contributed by atoms with Gasteiger partial charge in [0.1, 0.15) is 11.5 Å². The van der Waals surface area contributed by atoms with E-state index in [9.17, 15) is 4.79 Å². The number of aryl methyl sites for hydroxylation is 1. The maximum absolute atomic E-state index is 12.0. The summed E-state index contributed by atoms with van der Waals surface area (Å²) in [5.74, 6) is 1.28. The van der Waals surface area contributed by atoms with Gasteiger partial charge in [-0.15, -0.1) is 0 Å². The Kier molecular flexibility index (Phi) is 5.86. The summed E-state index contributed by atoms with van der Waals surface area (Å²) in [6.45, 7) is 2.71. The molecule has 0 atom stereocenters. The monoisotopic (exact) mass is 314 g/mol. The minimum absolute atomic E-state index is 0.0875. The third-order valence-corrected chi connectivity index (χ3v) is 3.46.